The van der Waals surface area contributed by atoms with Gasteiger partial charge in [0.15, 0.2) is 36.4 Å². The van der Waals surface area contributed by atoms with Crippen LogP contribution >= 0.6 is 0 Å². The SMILES string of the molecule is C1=Nc2cccnc2NC=C([n+]2ccc(Cc3ccccc3)cc2)C=Nc2ncccc2NC=C1[n+]1ccc(Cc2ccccc2)cc1. The highest BCUT2D eigenvalue weighted by Gasteiger charge is 2.14. The highest BCUT2D eigenvalue weighted by Crippen LogP contribution is 2.24. The molecule has 0 amide bonds. The number of rotatable bonds is 6. The normalized spacial score (nSPS) is 12.8. The molecule has 8 nitrogen and oxygen atoms in total. The summed E-state index contributed by atoms with van der Waals surface area (Å²) in [5.74, 6) is 1.17. The van der Waals surface area contributed by atoms with Gasteiger partial charge in [0.2, 0.25) is 11.4 Å². The van der Waals surface area contributed by atoms with Crippen molar-refractivity contribution in [1.29, 1.82) is 0 Å². The summed E-state index contributed by atoms with van der Waals surface area (Å²) in [6, 6.07) is 37.1. The van der Waals surface area contributed by atoms with E-state index < -0.39 is 0 Å². The summed E-state index contributed by atoms with van der Waals surface area (Å²) >= 11 is 0. The monoisotopic (exact) mass is 626 g/mol. The molecule has 6 aromatic rings. The van der Waals surface area contributed by atoms with Crippen LogP contribution in [0.25, 0.3) is 11.4 Å². The summed E-state index contributed by atoms with van der Waals surface area (Å²) < 4.78 is 4.03. The zero-order valence-electron chi connectivity index (χ0n) is 26.3. The van der Waals surface area contributed by atoms with E-state index in [1.165, 1.54) is 22.3 Å². The number of pyridine rings is 4. The van der Waals surface area contributed by atoms with E-state index in [4.69, 9.17) is 9.98 Å². The number of anilines is 2. The van der Waals surface area contributed by atoms with Crippen LogP contribution in [-0.4, -0.2) is 22.4 Å². The molecule has 4 aromatic heterocycles. The molecule has 232 valence electrons. The van der Waals surface area contributed by atoms with Crippen LogP contribution in [-0.2, 0) is 12.8 Å². The number of aliphatic imine (C=N–C) groups is 2. The molecule has 2 aromatic carbocycles. The third-order valence-corrected chi connectivity index (χ3v) is 7.86. The molecule has 0 bridgehead atoms. The van der Waals surface area contributed by atoms with E-state index in [1.807, 2.05) is 88.9 Å². The van der Waals surface area contributed by atoms with Crippen LogP contribution in [0.15, 0.2) is 169 Å². The first-order chi connectivity index (χ1) is 23.8. The van der Waals surface area contributed by atoms with Crippen molar-refractivity contribution >= 4 is 46.8 Å². The molecule has 1 aliphatic rings. The quantitative estimate of drug-likeness (QED) is 0.192. The van der Waals surface area contributed by atoms with E-state index in [0.717, 1.165) is 29.9 Å². The maximum atomic E-state index is 4.86. The molecule has 0 radical (unpaired) electrons. The number of allylic oxidation sites excluding steroid dienone is 2. The first kappa shape index (κ1) is 30.1. The predicted octanol–water partition coefficient (Wildman–Crippen LogP) is 7.17. The van der Waals surface area contributed by atoms with Gasteiger partial charge in [-0.05, 0) is 59.4 Å². The smallest absolute Gasteiger partial charge is 0.245 e. The molecular weight excluding hydrogens is 592 g/mol. The summed E-state index contributed by atoms with van der Waals surface area (Å²) in [7, 11) is 0. The van der Waals surface area contributed by atoms with Crippen molar-refractivity contribution in [3.8, 4) is 0 Å². The van der Waals surface area contributed by atoms with Gasteiger partial charge in [-0.1, -0.05) is 60.7 Å². The van der Waals surface area contributed by atoms with Crippen LogP contribution in [0.5, 0.6) is 0 Å². The van der Waals surface area contributed by atoms with Crippen molar-refractivity contribution < 1.29 is 9.13 Å². The number of aromatic nitrogens is 4. The lowest BCUT2D eigenvalue weighted by atomic mass is 10.1. The molecule has 7 rings (SSSR count). The molecule has 8 heteroatoms. The molecule has 5 heterocycles. The Morgan fingerprint density at radius 1 is 0.479 bits per heavy atom. The van der Waals surface area contributed by atoms with Crippen molar-refractivity contribution in [3.63, 3.8) is 0 Å². The Morgan fingerprint density at radius 2 is 1.00 bits per heavy atom. The molecule has 48 heavy (non-hydrogen) atoms. The minimum absolute atomic E-state index is 0.552. The molecule has 2 N–H and O–H groups in total. The standard InChI is InChI=1S/C40H34N8/c1-3-9-31(10-4-1)25-33-15-21-47(22-16-33)35-27-43-37-13-7-19-41-39(37)45-29-36(30-46-40-38(44-28-35)14-8-20-42-40)48-23-17-34(18-24-48)26-32-11-5-2-6-12-32/h1-24,27-30,43H,25-26H2,(H,42,46)/q+2. The molecule has 0 saturated heterocycles. The van der Waals surface area contributed by atoms with Crippen molar-refractivity contribution in [2.75, 3.05) is 10.6 Å². The summed E-state index contributed by atoms with van der Waals surface area (Å²) in [6.07, 6.45) is 20.8. The lowest BCUT2D eigenvalue weighted by Crippen LogP contribution is -2.33. The Morgan fingerprint density at radius 3 is 1.62 bits per heavy atom. The van der Waals surface area contributed by atoms with Crippen LogP contribution in [0.1, 0.15) is 22.3 Å². The van der Waals surface area contributed by atoms with E-state index >= 15 is 0 Å². The third kappa shape index (κ3) is 7.63. The van der Waals surface area contributed by atoms with E-state index in [1.54, 1.807) is 18.6 Å². The van der Waals surface area contributed by atoms with E-state index in [9.17, 15) is 0 Å². The first-order valence-electron chi connectivity index (χ1n) is 15.8. The van der Waals surface area contributed by atoms with Gasteiger partial charge >= 0.3 is 0 Å². The van der Waals surface area contributed by atoms with Gasteiger partial charge < -0.3 is 10.6 Å². The average Bonchev–Trinajstić information content (AvgIpc) is 3.14. The van der Waals surface area contributed by atoms with Gasteiger partial charge in [0, 0.05) is 36.7 Å². The highest BCUT2D eigenvalue weighted by atomic mass is 15.1. The second kappa shape index (κ2) is 14.7. The zero-order chi connectivity index (χ0) is 32.4. The second-order valence-corrected chi connectivity index (χ2v) is 11.2. The number of fused-ring (bicyclic) bond motifs is 2. The highest BCUT2D eigenvalue weighted by molar-refractivity contribution is 6.01. The minimum atomic E-state index is 0.552. The first-order valence-corrected chi connectivity index (χ1v) is 15.8. The topological polar surface area (TPSA) is 82.3 Å². The summed E-state index contributed by atoms with van der Waals surface area (Å²) in [5.41, 5.74) is 8.03. The van der Waals surface area contributed by atoms with Gasteiger partial charge in [0.1, 0.15) is 18.1 Å². The van der Waals surface area contributed by atoms with Crippen LogP contribution in [0.3, 0.4) is 0 Å². The third-order valence-electron chi connectivity index (χ3n) is 7.86. The van der Waals surface area contributed by atoms with Crippen LogP contribution in [0.4, 0.5) is 23.0 Å². The van der Waals surface area contributed by atoms with E-state index in [-0.39, 0.29) is 0 Å². The number of benzene rings is 2. The molecule has 0 spiro atoms. The Balaban J connectivity index is 1.21. The molecule has 0 atom stereocenters. The molecule has 0 aliphatic carbocycles. The average molecular weight is 627 g/mol. The molecule has 0 fully saturated rings. The Bertz CT molecular complexity index is 1950. The number of nitrogens with zero attached hydrogens (tertiary/aromatic N) is 6. The fraction of sp³-hybridized carbons (Fsp3) is 0.0500. The number of nitrogens with one attached hydrogen (secondary N) is 2. The Labute approximate surface area is 279 Å². The van der Waals surface area contributed by atoms with Crippen molar-refractivity contribution in [2.24, 2.45) is 9.98 Å². The lowest BCUT2D eigenvalue weighted by molar-refractivity contribution is -0.576. The Hall–Kier alpha value is -6.54. The zero-order valence-corrected chi connectivity index (χ0v) is 26.3. The largest absolute Gasteiger partial charge is 0.353 e. The fourth-order valence-electron chi connectivity index (χ4n) is 5.30. The molecule has 1 aliphatic heterocycles. The summed E-state index contributed by atoms with van der Waals surface area (Å²) in [4.78, 5) is 18.8. The lowest BCUT2D eigenvalue weighted by Gasteiger charge is -2.07. The van der Waals surface area contributed by atoms with E-state index in [2.05, 4.69) is 93.4 Å². The van der Waals surface area contributed by atoms with Crippen molar-refractivity contribution in [1.82, 2.24) is 9.97 Å². The van der Waals surface area contributed by atoms with Crippen LogP contribution in [0, 0.1) is 0 Å². The van der Waals surface area contributed by atoms with Gasteiger partial charge in [0.05, 0.1) is 18.1 Å². The van der Waals surface area contributed by atoms with Gasteiger partial charge in [0.25, 0.3) is 0 Å². The maximum Gasteiger partial charge on any atom is 0.245 e. The summed E-state index contributed by atoms with van der Waals surface area (Å²) in [5, 5.41) is 6.79. The Kier molecular flexibility index (Phi) is 9.23. The van der Waals surface area contributed by atoms with Gasteiger partial charge in [-0.3, -0.25) is 0 Å². The van der Waals surface area contributed by atoms with Crippen molar-refractivity contribution in [2.45, 2.75) is 12.8 Å². The van der Waals surface area contributed by atoms with Gasteiger partial charge in [-0.25, -0.2) is 20.0 Å². The van der Waals surface area contributed by atoms with Gasteiger partial charge in [-0.15, -0.1) is 0 Å². The minimum Gasteiger partial charge on any atom is -0.353 e. The van der Waals surface area contributed by atoms with Crippen LogP contribution in [0.2, 0.25) is 0 Å². The summed E-state index contributed by atoms with van der Waals surface area (Å²) in [6.45, 7) is 0. The molecule has 0 unspecified atom stereocenters. The van der Waals surface area contributed by atoms with E-state index in [0.29, 0.717) is 17.3 Å². The number of hydrogen-bond donors (Lipinski definition) is 2. The fourth-order valence-corrected chi connectivity index (χ4v) is 5.30. The molecular formula is C40H34N8+2. The van der Waals surface area contributed by atoms with Gasteiger partial charge in [-0.2, -0.15) is 9.13 Å². The van der Waals surface area contributed by atoms with Crippen molar-refractivity contribution in [3.05, 3.63) is 181 Å². The number of hydrogen-bond acceptors (Lipinski definition) is 6. The predicted molar refractivity (Wildman–Crippen MR) is 192 cm³/mol. The van der Waals surface area contributed by atoms with Crippen LogP contribution < -0.4 is 19.8 Å². The molecule has 0 saturated carbocycles. The maximum absolute atomic E-state index is 4.86. The second-order valence-electron chi connectivity index (χ2n) is 11.2.